The van der Waals surface area contributed by atoms with Crippen LogP contribution in [-0.4, -0.2) is 5.78 Å². The van der Waals surface area contributed by atoms with Crippen LogP contribution in [0.25, 0.3) is 0 Å². The molecule has 0 unspecified atom stereocenters. The van der Waals surface area contributed by atoms with Crippen molar-refractivity contribution in [2.45, 2.75) is 6.42 Å². The van der Waals surface area contributed by atoms with E-state index in [1.165, 1.54) is 30.3 Å². The molecule has 0 radical (unpaired) electrons. The predicted molar refractivity (Wildman–Crippen MR) is 72.9 cm³/mol. The predicted octanol–water partition coefficient (Wildman–Crippen LogP) is 3.73. The number of anilines is 1. The van der Waals surface area contributed by atoms with Crippen molar-refractivity contribution < 1.29 is 13.6 Å². The molecule has 0 spiro atoms. The minimum absolute atomic E-state index is 0.000451. The Morgan fingerprint density at radius 3 is 2.53 bits per heavy atom. The van der Waals surface area contributed by atoms with Gasteiger partial charge in [0, 0.05) is 16.5 Å². The van der Waals surface area contributed by atoms with Gasteiger partial charge < -0.3 is 5.73 Å². The lowest BCUT2D eigenvalue weighted by molar-refractivity contribution is 0.0992. The van der Waals surface area contributed by atoms with Crippen LogP contribution in [0.5, 0.6) is 0 Å². The Morgan fingerprint density at radius 2 is 1.89 bits per heavy atom. The Balaban J connectivity index is 2.23. The summed E-state index contributed by atoms with van der Waals surface area (Å²) < 4.78 is 26.7. The van der Waals surface area contributed by atoms with Gasteiger partial charge in [-0.1, -0.05) is 22.0 Å². The van der Waals surface area contributed by atoms with Crippen LogP contribution in [0.1, 0.15) is 15.9 Å². The highest BCUT2D eigenvalue weighted by Crippen LogP contribution is 2.21. The molecule has 0 aliphatic heterocycles. The average molecular weight is 326 g/mol. The van der Waals surface area contributed by atoms with Gasteiger partial charge in [-0.2, -0.15) is 0 Å². The summed E-state index contributed by atoms with van der Waals surface area (Å²) in [7, 11) is 0. The molecule has 0 aliphatic carbocycles. The Hall–Kier alpha value is -1.75. The van der Waals surface area contributed by atoms with E-state index >= 15 is 0 Å². The molecule has 2 N–H and O–H groups in total. The number of nitrogens with two attached hydrogens (primary N) is 1. The van der Waals surface area contributed by atoms with Crippen LogP contribution >= 0.6 is 15.9 Å². The number of rotatable bonds is 3. The molecule has 0 saturated heterocycles. The first-order valence-corrected chi connectivity index (χ1v) is 6.29. The van der Waals surface area contributed by atoms with Crippen molar-refractivity contribution in [1.82, 2.24) is 0 Å². The summed E-state index contributed by atoms with van der Waals surface area (Å²) in [5, 5.41) is 0. The zero-order chi connectivity index (χ0) is 14.0. The highest BCUT2D eigenvalue weighted by Gasteiger charge is 2.11. The summed E-state index contributed by atoms with van der Waals surface area (Å²) >= 11 is 3.19. The van der Waals surface area contributed by atoms with Gasteiger partial charge in [0.05, 0.1) is 5.69 Å². The molecule has 2 aromatic rings. The Kier molecular flexibility index (Phi) is 3.95. The van der Waals surface area contributed by atoms with Crippen molar-refractivity contribution in [1.29, 1.82) is 0 Å². The fourth-order valence-electron chi connectivity index (χ4n) is 1.64. The van der Waals surface area contributed by atoms with E-state index < -0.39 is 5.82 Å². The molecule has 5 heteroatoms. The lowest BCUT2D eigenvalue weighted by atomic mass is 10.0. The maximum Gasteiger partial charge on any atom is 0.167 e. The smallest absolute Gasteiger partial charge is 0.167 e. The molecule has 19 heavy (non-hydrogen) atoms. The number of carbonyl (C=O) groups is 1. The summed E-state index contributed by atoms with van der Waals surface area (Å²) in [6.45, 7) is 0. The van der Waals surface area contributed by atoms with Gasteiger partial charge in [0.25, 0.3) is 0 Å². The molecule has 0 saturated carbocycles. The Labute approximate surface area is 117 Å². The number of nitrogen functional groups attached to an aromatic ring is 1. The second-order valence-electron chi connectivity index (χ2n) is 4.07. The summed E-state index contributed by atoms with van der Waals surface area (Å²) in [6.07, 6.45) is 0.0597. The van der Waals surface area contributed by atoms with E-state index in [1.807, 2.05) is 0 Å². The van der Waals surface area contributed by atoms with E-state index in [1.54, 1.807) is 0 Å². The summed E-state index contributed by atoms with van der Waals surface area (Å²) in [4.78, 5) is 12.0. The number of benzene rings is 2. The normalized spacial score (nSPS) is 10.5. The number of ketones is 1. The number of carbonyl (C=O) groups excluding carboxylic acids is 1. The third-order valence-electron chi connectivity index (χ3n) is 2.69. The molecule has 0 aromatic heterocycles. The van der Waals surface area contributed by atoms with Gasteiger partial charge in [-0.15, -0.1) is 0 Å². The Morgan fingerprint density at radius 1 is 1.16 bits per heavy atom. The molecule has 0 aliphatic rings. The average Bonchev–Trinajstić information content (AvgIpc) is 2.36. The molecule has 0 heterocycles. The van der Waals surface area contributed by atoms with Gasteiger partial charge >= 0.3 is 0 Å². The lowest BCUT2D eigenvalue weighted by Crippen LogP contribution is -2.05. The van der Waals surface area contributed by atoms with Crippen molar-refractivity contribution in [2.24, 2.45) is 0 Å². The van der Waals surface area contributed by atoms with Crippen molar-refractivity contribution in [3.05, 3.63) is 63.6 Å². The van der Waals surface area contributed by atoms with E-state index in [4.69, 9.17) is 5.73 Å². The van der Waals surface area contributed by atoms with Crippen LogP contribution < -0.4 is 5.73 Å². The number of halogens is 3. The summed E-state index contributed by atoms with van der Waals surface area (Å²) in [5.74, 6) is -1.27. The topological polar surface area (TPSA) is 43.1 Å². The van der Waals surface area contributed by atoms with Gasteiger partial charge in [-0.25, -0.2) is 8.78 Å². The highest BCUT2D eigenvalue weighted by atomic mass is 79.9. The van der Waals surface area contributed by atoms with Crippen LogP contribution in [0.4, 0.5) is 14.5 Å². The van der Waals surface area contributed by atoms with Crippen molar-refractivity contribution in [3.8, 4) is 0 Å². The SMILES string of the molecule is Nc1ccc(C(=O)Cc2ccc(F)cc2Br)cc1F. The van der Waals surface area contributed by atoms with Crippen molar-refractivity contribution in [3.63, 3.8) is 0 Å². The second kappa shape index (κ2) is 5.48. The molecular weight excluding hydrogens is 316 g/mol. The molecule has 2 nitrogen and oxygen atoms in total. The van der Waals surface area contributed by atoms with Gasteiger partial charge in [0.2, 0.25) is 0 Å². The minimum atomic E-state index is -0.621. The highest BCUT2D eigenvalue weighted by molar-refractivity contribution is 9.10. The van der Waals surface area contributed by atoms with E-state index in [0.717, 1.165) is 6.07 Å². The van der Waals surface area contributed by atoms with Gasteiger partial charge in [-0.05, 0) is 35.9 Å². The molecule has 0 atom stereocenters. The lowest BCUT2D eigenvalue weighted by Gasteiger charge is -2.05. The summed E-state index contributed by atoms with van der Waals surface area (Å²) in [6, 6.07) is 8.00. The third kappa shape index (κ3) is 3.17. The zero-order valence-electron chi connectivity index (χ0n) is 9.79. The van der Waals surface area contributed by atoms with Gasteiger partial charge in [0.15, 0.2) is 5.78 Å². The molecule has 0 bridgehead atoms. The van der Waals surface area contributed by atoms with Gasteiger partial charge in [-0.3, -0.25) is 4.79 Å². The number of hydrogen-bond acceptors (Lipinski definition) is 2. The standard InChI is InChI=1S/C14H10BrF2NO/c15-11-7-10(16)3-1-8(11)6-14(19)9-2-4-13(18)12(17)5-9/h1-5,7H,6,18H2. The first-order valence-electron chi connectivity index (χ1n) is 5.49. The first kappa shape index (κ1) is 13.7. The Bertz CT molecular complexity index is 643. The van der Waals surface area contributed by atoms with Crippen LogP contribution in [0.2, 0.25) is 0 Å². The van der Waals surface area contributed by atoms with Crippen molar-refractivity contribution >= 4 is 27.4 Å². The molecular formula is C14H10BrF2NO. The molecule has 0 fully saturated rings. The molecule has 98 valence electrons. The van der Waals surface area contributed by atoms with Crippen molar-refractivity contribution in [2.75, 3.05) is 5.73 Å². The van der Waals surface area contributed by atoms with Crippen LogP contribution in [0.15, 0.2) is 40.9 Å². The minimum Gasteiger partial charge on any atom is -0.396 e. The second-order valence-corrected chi connectivity index (χ2v) is 4.93. The van der Waals surface area contributed by atoms with Crippen LogP contribution in [0.3, 0.4) is 0 Å². The van der Waals surface area contributed by atoms with Gasteiger partial charge in [0.1, 0.15) is 11.6 Å². The largest absolute Gasteiger partial charge is 0.396 e. The van der Waals surface area contributed by atoms with Crippen LogP contribution in [0, 0.1) is 11.6 Å². The summed E-state index contributed by atoms with van der Waals surface area (Å²) in [5.41, 5.74) is 6.23. The van der Waals surface area contributed by atoms with E-state index in [2.05, 4.69) is 15.9 Å². The van der Waals surface area contributed by atoms with E-state index in [9.17, 15) is 13.6 Å². The molecule has 2 rings (SSSR count). The maximum atomic E-state index is 13.3. The maximum absolute atomic E-state index is 13.3. The monoisotopic (exact) mass is 325 g/mol. The third-order valence-corrected chi connectivity index (χ3v) is 3.43. The molecule has 2 aromatic carbocycles. The van der Waals surface area contributed by atoms with E-state index in [-0.39, 0.29) is 29.3 Å². The molecule has 0 amide bonds. The number of hydrogen-bond donors (Lipinski definition) is 1. The fourth-order valence-corrected chi connectivity index (χ4v) is 2.13. The zero-order valence-corrected chi connectivity index (χ0v) is 11.4. The number of Topliss-reactive ketones (excluding diaryl/α,β-unsaturated/α-hetero) is 1. The van der Waals surface area contributed by atoms with Crippen LogP contribution in [-0.2, 0) is 6.42 Å². The quantitative estimate of drug-likeness (QED) is 0.690. The first-order chi connectivity index (χ1) is 8.97. The van der Waals surface area contributed by atoms with E-state index in [0.29, 0.717) is 10.0 Å². The fraction of sp³-hybridized carbons (Fsp3) is 0.0714.